The minimum Gasteiger partial charge on any atom is -0.384 e. The third kappa shape index (κ3) is 2.09. The predicted molar refractivity (Wildman–Crippen MR) is 81.5 cm³/mol. The number of rotatable bonds is 3. The third-order valence-electron chi connectivity index (χ3n) is 4.06. The van der Waals surface area contributed by atoms with E-state index in [2.05, 4.69) is 31.7 Å². The molecule has 2 nitrogen and oxygen atoms in total. The lowest BCUT2D eigenvalue weighted by Crippen LogP contribution is -2.40. The molecule has 1 atom stereocenters. The number of para-hydroxylation sites is 1. The van der Waals surface area contributed by atoms with E-state index in [0.29, 0.717) is 10.9 Å². The van der Waals surface area contributed by atoms with E-state index in [4.69, 9.17) is 0 Å². The lowest BCUT2D eigenvalue weighted by Gasteiger charge is -2.38. The molecular weight excluding hydrogens is 246 g/mol. The Bertz CT molecular complexity index is 671. The number of benzene rings is 2. The van der Waals surface area contributed by atoms with E-state index in [1.807, 2.05) is 42.5 Å². The zero-order valence-corrected chi connectivity index (χ0v) is 11.5. The van der Waals surface area contributed by atoms with E-state index < -0.39 is 0 Å². The highest BCUT2D eigenvalue weighted by Gasteiger charge is 2.31. The molecule has 0 fully saturated rings. The minimum absolute atomic E-state index is 0.467. The van der Waals surface area contributed by atoms with Crippen molar-refractivity contribution in [2.45, 2.75) is 12.8 Å². The van der Waals surface area contributed by atoms with Gasteiger partial charge in [-0.3, -0.25) is 0 Å². The summed E-state index contributed by atoms with van der Waals surface area (Å²) in [5.41, 5.74) is 4.36. The molecule has 0 saturated carbocycles. The molecule has 0 radical (unpaired) electrons. The summed E-state index contributed by atoms with van der Waals surface area (Å²) in [6.07, 6.45) is 1.53. The van der Waals surface area contributed by atoms with Crippen molar-refractivity contribution in [3.8, 4) is 0 Å². The molecule has 0 N–H and O–H groups in total. The fourth-order valence-corrected chi connectivity index (χ4v) is 2.86. The van der Waals surface area contributed by atoms with E-state index in [1.165, 1.54) is 11.3 Å². The normalized spacial score (nSPS) is 20.2. The Morgan fingerprint density at radius 2 is 1.85 bits per heavy atom. The molecular formula is C18H17NO. The second kappa shape index (κ2) is 5.09. The molecule has 1 aliphatic rings. The maximum Gasteiger partial charge on any atom is 0.185 e. The van der Waals surface area contributed by atoms with Crippen LogP contribution >= 0.6 is 0 Å². The van der Waals surface area contributed by atoms with Gasteiger partial charge in [0, 0.05) is 0 Å². The van der Waals surface area contributed by atoms with Gasteiger partial charge in [0.1, 0.15) is 5.69 Å². The number of hydrogen-bond acceptors (Lipinski definition) is 1. The quantitative estimate of drug-likeness (QED) is 0.472. The largest absolute Gasteiger partial charge is 0.384 e. The first-order chi connectivity index (χ1) is 9.74. The lowest BCUT2D eigenvalue weighted by molar-refractivity contribution is 0.487. The Morgan fingerprint density at radius 1 is 1.15 bits per heavy atom. The van der Waals surface area contributed by atoms with Crippen molar-refractivity contribution in [2.75, 3.05) is 7.05 Å². The van der Waals surface area contributed by atoms with Crippen LogP contribution in [0.1, 0.15) is 11.1 Å². The molecule has 100 valence electrons. The monoisotopic (exact) mass is 263 g/mol. The molecule has 0 aromatic heterocycles. The summed E-state index contributed by atoms with van der Waals surface area (Å²) in [6, 6.07) is 18.4. The number of hydrogen-bond donors (Lipinski definition) is 0. The molecule has 3 rings (SSSR count). The first kappa shape index (κ1) is 12.9. The number of carbonyl (C=O) groups excluding carboxylic acids is 1. The average Bonchev–Trinajstić information content (AvgIpc) is 2.85. The zero-order valence-electron chi connectivity index (χ0n) is 11.5. The number of fused-ring (bicyclic) bond motifs is 1. The molecule has 2 heteroatoms. The first-order valence-corrected chi connectivity index (χ1v) is 6.81. The van der Waals surface area contributed by atoms with E-state index in [1.54, 1.807) is 0 Å². The Morgan fingerprint density at radius 3 is 2.60 bits per heavy atom. The molecule has 1 aliphatic heterocycles. The van der Waals surface area contributed by atoms with Gasteiger partial charge in [-0.05, 0) is 17.2 Å². The van der Waals surface area contributed by atoms with E-state index in [-0.39, 0.29) is 0 Å². The van der Waals surface area contributed by atoms with Gasteiger partial charge in [-0.2, -0.15) is 0 Å². The van der Waals surface area contributed by atoms with Crippen molar-refractivity contribution in [1.82, 2.24) is 4.48 Å². The van der Waals surface area contributed by atoms with Crippen LogP contribution in [0.3, 0.4) is 0 Å². The summed E-state index contributed by atoms with van der Waals surface area (Å²) in [6.45, 7) is 2.17. The highest BCUT2D eigenvalue weighted by Crippen LogP contribution is 2.39. The summed E-state index contributed by atoms with van der Waals surface area (Å²) in [5, 5.41) is 0. The van der Waals surface area contributed by atoms with Crippen molar-refractivity contribution >= 4 is 11.6 Å². The zero-order chi connectivity index (χ0) is 14.0. The maximum absolute atomic E-state index is 11.5. The van der Waals surface area contributed by atoms with Gasteiger partial charge >= 0.3 is 0 Å². The Labute approximate surface area is 119 Å². The standard InChI is InChI=1S/C18H17NO/c1-19(12-11-16-9-5-6-10-18(16)19)17(14-20)13-15-7-3-2-4-8-15/h2-10,12H,11,13H2,1H3. The summed E-state index contributed by atoms with van der Waals surface area (Å²) in [7, 11) is 2.06. The van der Waals surface area contributed by atoms with Gasteiger partial charge in [-0.15, -0.1) is 6.54 Å². The second-order valence-electron chi connectivity index (χ2n) is 5.30. The molecule has 0 amide bonds. The van der Waals surface area contributed by atoms with Gasteiger partial charge in [0.15, 0.2) is 11.6 Å². The van der Waals surface area contributed by atoms with Crippen molar-refractivity contribution in [3.05, 3.63) is 78.0 Å². The Balaban J connectivity index is 1.97. The van der Waals surface area contributed by atoms with E-state index in [9.17, 15) is 4.79 Å². The van der Waals surface area contributed by atoms with Crippen LogP contribution in [-0.2, 0) is 17.6 Å². The van der Waals surface area contributed by atoms with Crippen LogP contribution in [0.25, 0.3) is 0 Å². The average molecular weight is 263 g/mol. The van der Waals surface area contributed by atoms with Gasteiger partial charge < -0.3 is 4.48 Å². The molecule has 2 aromatic rings. The van der Waals surface area contributed by atoms with E-state index in [0.717, 1.165) is 17.7 Å². The fraction of sp³-hybridized carbons (Fsp3) is 0.167. The third-order valence-corrected chi connectivity index (χ3v) is 4.06. The van der Waals surface area contributed by atoms with Crippen molar-refractivity contribution in [1.29, 1.82) is 0 Å². The lowest BCUT2D eigenvalue weighted by atomic mass is 10.1. The van der Waals surface area contributed by atoms with E-state index >= 15 is 0 Å². The molecule has 1 unspecified atom stereocenters. The predicted octanol–water partition coefficient (Wildman–Crippen LogP) is 3.30. The van der Waals surface area contributed by atoms with Crippen molar-refractivity contribution < 1.29 is 4.79 Å². The number of likely N-dealkylation sites (N-methyl/N-ethyl adjacent to an activating group) is 1. The van der Waals surface area contributed by atoms with Crippen LogP contribution in [-0.4, -0.2) is 13.0 Å². The van der Waals surface area contributed by atoms with Crippen LogP contribution in [0, 0.1) is 6.54 Å². The Kier molecular flexibility index (Phi) is 3.27. The molecule has 0 saturated heterocycles. The van der Waals surface area contributed by atoms with Gasteiger partial charge in [0.05, 0.1) is 13.5 Å². The van der Waals surface area contributed by atoms with Crippen molar-refractivity contribution in [3.63, 3.8) is 0 Å². The topological polar surface area (TPSA) is 17.1 Å². The van der Waals surface area contributed by atoms with Crippen molar-refractivity contribution in [2.24, 2.45) is 0 Å². The molecule has 1 heterocycles. The SMILES string of the molecule is C[N+]1(C(=C=O)Cc2ccccc2)[CH-]Cc2ccccc21. The molecule has 0 bridgehead atoms. The van der Waals surface area contributed by atoms with Gasteiger partial charge in [0.2, 0.25) is 0 Å². The molecule has 0 spiro atoms. The summed E-state index contributed by atoms with van der Waals surface area (Å²) in [5.74, 6) is 2.18. The van der Waals surface area contributed by atoms with Crippen LogP contribution in [0.4, 0.5) is 5.69 Å². The summed E-state index contributed by atoms with van der Waals surface area (Å²) < 4.78 is 0.467. The highest BCUT2D eigenvalue weighted by atomic mass is 16.1. The maximum atomic E-state index is 11.5. The summed E-state index contributed by atoms with van der Waals surface area (Å²) >= 11 is 0. The highest BCUT2D eigenvalue weighted by molar-refractivity contribution is 5.67. The van der Waals surface area contributed by atoms with Crippen LogP contribution in [0.5, 0.6) is 0 Å². The van der Waals surface area contributed by atoms with Crippen LogP contribution < -0.4 is 4.48 Å². The number of allylic oxidation sites excluding steroid dienone is 1. The summed E-state index contributed by atoms with van der Waals surface area (Å²) in [4.78, 5) is 11.5. The van der Waals surface area contributed by atoms with Crippen LogP contribution in [0.15, 0.2) is 60.3 Å². The smallest absolute Gasteiger partial charge is 0.185 e. The van der Waals surface area contributed by atoms with Crippen LogP contribution in [0.2, 0.25) is 0 Å². The molecule has 0 aliphatic carbocycles. The minimum atomic E-state index is 0.467. The Hall–Kier alpha value is -2.15. The van der Waals surface area contributed by atoms with Gasteiger partial charge in [-0.25, -0.2) is 4.79 Å². The fourth-order valence-electron chi connectivity index (χ4n) is 2.86. The number of nitrogens with zero attached hydrogens (tertiary/aromatic N) is 1. The first-order valence-electron chi connectivity index (χ1n) is 6.81. The second-order valence-corrected chi connectivity index (χ2v) is 5.30. The van der Waals surface area contributed by atoms with Gasteiger partial charge in [-0.1, -0.05) is 55.0 Å². The molecule has 20 heavy (non-hydrogen) atoms. The molecule has 2 aromatic carbocycles. The number of quaternary nitrogens is 1. The van der Waals surface area contributed by atoms with Gasteiger partial charge in [0.25, 0.3) is 0 Å².